The van der Waals surface area contributed by atoms with E-state index in [-0.39, 0.29) is 0 Å². The second-order valence-electron chi connectivity index (χ2n) is 6.07. The standard InChI is InChI=1S/C15H33N3/c1-15(2)7-6-10-18-13-11-17(12-14-18)9-5-3-4-8-16/h15H,3-14,16H2,1-2H3. The molecule has 1 rings (SSSR count). The summed E-state index contributed by atoms with van der Waals surface area (Å²) in [5.74, 6) is 0.855. The van der Waals surface area contributed by atoms with E-state index in [1.54, 1.807) is 0 Å². The van der Waals surface area contributed by atoms with Crippen LogP contribution in [-0.2, 0) is 0 Å². The lowest BCUT2D eigenvalue weighted by Gasteiger charge is -2.34. The Kier molecular flexibility index (Phi) is 8.64. The monoisotopic (exact) mass is 255 g/mol. The van der Waals surface area contributed by atoms with E-state index in [1.807, 2.05) is 0 Å². The molecule has 18 heavy (non-hydrogen) atoms. The minimum absolute atomic E-state index is 0.851. The van der Waals surface area contributed by atoms with E-state index < -0.39 is 0 Å². The molecule has 0 amide bonds. The van der Waals surface area contributed by atoms with Gasteiger partial charge in [0.05, 0.1) is 0 Å². The van der Waals surface area contributed by atoms with Gasteiger partial charge < -0.3 is 15.5 Å². The zero-order valence-corrected chi connectivity index (χ0v) is 12.5. The molecule has 1 fully saturated rings. The van der Waals surface area contributed by atoms with Crippen molar-refractivity contribution in [2.24, 2.45) is 11.7 Å². The topological polar surface area (TPSA) is 32.5 Å². The molecule has 0 saturated carbocycles. The molecule has 0 atom stereocenters. The van der Waals surface area contributed by atoms with E-state index in [4.69, 9.17) is 5.73 Å². The fraction of sp³-hybridized carbons (Fsp3) is 1.00. The van der Waals surface area contributed by atoms with Gasteiger partial charge in [-0.25, -0.2) is 0 Å². The van der Waals surface area contributed by atoms with Gasteiger partial charge in [0.2, 0.25) is 0 Å². The molecule has 0 aromatic rings. The maximum atomic E-state index is 5.51. The molecule has 0 aromatic carbocycles. The van der Waals surface area contributed by atoms with Gasteiger partial charge in [-0.3, -0.25) is 0 Å². The molecule has 0 aliphatic carbocycles. The van der Waals surface area contributed by atoms with E-state index in [0.717, 1.165) is 12.5 Å². The third-order valence-electron chi connectivity index (χ3n) is 3.90. The Labute approximate surface area is 114 Å². The van der Waals surface area contributed by atoms with Crippen LogP contribution in [0, 0.1) is 5.92 Å². The maximum absolute atomic E-state index is 5.51. The first-order chi connectivity index (χ1) is 8.72. The summed E-state index contributed by atoms with van der Waals surface area (Å²) < 4.78 is 0. The average molecular weight is 255 g/mol. The first kappa shape index (κ1) is 15.9. The summed E-state index contributed by atoms with van der Waals surface area (Å²) in [6.45, 7) is 13.2. The Bertz CT molecular complexity index is 186. The molecule has 3 heteroatoms. The molecule has 1 saturated heterocycles. The van der Waals surface area contributed by atoms with Crippen LogP contribution in [-0.4, -0.2) is 55.6 Å². The van der Waals surface area contributed by atoms with Crippen molar-refractivity contribution in [1.29, 1.82) is 0 Å². The predicted molar refractivity (Wildman–Crippen MR) is 79.9 cm³/mol. The number of hydrogen-bond donors (Lipinski definition) is 1. The quantitative estimate of drug-likeness (QED) is 0.641. The van der Waals surface area contributed by atoms with Crippen molar-refractivity contribution in [3.63, 3.8) is 0 Å². The summed E-state index contributed by atoms with van der Waals surface area (Å²) >= 11 is 0. The molecular weight excluding hydrogens is 222 g/mol. The number of unbranched alkanes of at least 4 members (excludes halogenated alkanes) is 2. The van der Waals surface area contributed by atoms with Gasteiger partial charge in [-0.05, 0) is 51.2 Å². The highest BCUT2D eigenvalue weighted by Gasteiger charge is 2.15. The summed E-state index contributed by atoms with van der Waals surface area (Å²) in [5.41, 5.74) is 5.51. The fourth-order valence-corrected chi connectivity index (χ4v) is 2.62. The molecule has 1 aliphatic heterocycles. The van der Waals surface area contributed by atoms with Crippen molar-refractivity contribution in [2.45, 2.75) is 46.0 Å². The third kappa shape index (κ3) is 7.34. The summed E-state index contributed by atoms with van der Waals surface area (Å²) in [6.07, 6.45) is 6.55. The molecular formula is C15H33N3. The van der Waals surface area contributed by atoms with Crippen LogP contribution >= 0.6 is 0 Å². The van der Waals surface area contributed by atoms with E-state index in [2.05, 4.69) is 23.6 Å². The summed E-state index contributed by atoms with van der Waals surface area (Å²) in [5, 5.41) is 0. The molecule has 0 radical (unpaired) electrons. The SMILES string of the molecule is CC(C)CCCN1CCN(CCCCCN)CC1. The molecule has 2 N–H and O–H groups in total. The number of hydrogen-bond acceptors (Lipinski definition) is 3. The molecule has 1 aliphatic rings. The largest absolute Gasteiger partial charge is 0.330 e. The fourth-order valence-electron chi connectivity index (χ4n) is 2.62. The molecule has 0 bridgehead atoms. The van der Waals surface area contributed by atoms with Gasteiger partial charge in [0, 0.05) is 26.2 Å². The minimum atomic E-state index is 0.851. The second kappa shape index (κ2) is 9.76. The first-order valence-corrected chi connectivity index (χ1v) is 7.87. The minimum Gasteiger partial charge on any atom is -0.330 e. The summed E-state index contributed by atoms with van der Waals surface area (Å²) in [6, 6.07) is 0. The van der Waals surface area contributed by atoms with Gasteiger partial charge in [0.1, 0.15) is 0 Å². The molecule has 3 nitrogen and oxygen atoms in total. The average Bonchev–Trinajstić information content (AvgIpc) is 2.36. The van der Waals surface area contributed by atoms with Gasteiger partial charge in [0.25, 0.3) is 0 Å². The molecule has 108 valence electrons. The maximum Gasteiger partial charge on any atom is 0.0110 e. The third-order valence-corrected chi connectivity index (χ3v) is 3.90. The van der Waals surface area contributed by atoms with Gasteiger partial charge in [0.15, 0.2) is 0 Å². The van der Waals surface area contributed by atoms with Crippen molar-refractivity contribution >= 4 is 0 Å². The molecule has 1 heterocycles. The van der Waals surface area contributed by atoms with Crippen molar-refractivity contribution in [3.05, 3.63) is 0 Å². The number of piperazine rings is 1. The highest BCUT2D eigenvalue weighted by molar-refractivity contribution is 4.71. The van der Waals surface area contributed by atoms with Crippen LogP contribution in [0.5, 0.6) is 0 Å². The lowest BCUT2D eigenvalue weighted by molar-refractivity contribution is 0.128. The van der Waals surface area contributed by atoms with Crippen molar-refractivity contribution in [2.75, 3.05) is 45.8 Å². The van der Waals surface area contributed by atoms with Crippen LogP contribution in [0.4, 0.5) is 0 Å². The molecule has 0 aromatic heterocycles. The van der Waals surface area contributed by atoms with Crippen LogP contribution in [0.1, 0.15) is 46.0 Å². The Morgan fingerprint density at radius 2 is 1.39 bits per heavy atom. The van der Waals surface area contributed by atoms with E-state index in [0.29, 0.717) is 0 Å². The zero-order valence-electron chi connectivity index (χ0n) is 12.5. The van der Waals surface area contributed by atoms with E-state index >= 15 is 0 Å². The number of nitrogens with zero attached hydrogens (tertiary/aromatic N) is 2. The van der Waals surface area contributed by atoms with Gasteiger partial charge in [-0.2, -0.15) is 0 Å². The van der Waals surface area contributed by atoms with E-state index in [1.165, 1.54) is 71.4 Å². The summed E-state index contributed by atoms with van der Waals surface area (Å²) in [4.78, 5) is 5.26. The Morgan fingerprint density at radius 1 is 0.833 bits per heavy atom. The lowest BCUT2D eigenvalue weighted by Crippen LogP contribution is -2.46. The normalized spacial score (nSPS) is 18.7. The van der Waals surface area contributed by atoms with E-state index in [9.17, 15) is 0 Å². The first-order valence-electron chi connectivity index (χ1n) is 7.87. The van der Waals surface area contributed by atoms with Crippen LogP contribution < -0.4 is 5.73 Å². The van der Waals surface area contributed by atoms with Crippen molar-refractivity contribution in [1.82, 2.24) is 9.80 Å². The second-order valence-corrected chi connectivity index (χ2v) is 6.07. The molecule has 0 unspecified atom stereocenters. The smallest absolute Gasteiger partial charge is 0.0110 e. The Morgan fingerprint density at radius 3 is 1.89 bits per heavy atom. The lowest BCUT2D eigenvalue weighted by atomic mass is 10.1. The Hall–Kier alpha value is -0.120. The highest BCUT2D eigenvalue weighted by Crippen LogP contribution is 2.08. The predicted octanol–water partition coefficient (Wildman–Crippen LogP) is 2.17. The van der Waals surface area contributed by atoms with Gasteiger partial charge in [-0.15, -0.1) is 0 Å². The van der Waals surface area contributed by atoms with Crippen LogP contribution in [0.25, 0.3) is 0 Å². The zero-order chi connectivity index (χ0) is 13.2. The highest BCUT2D eigenvalue weighted by atomic mass is 15.3. The van der Waals surface area contributed by atoms with Crippen LogP contribution in [0.3, 0.4) is 0 Å². The van der Waals surface area contributed by atoms with Crippen molar-refractivity contribution < 1.29 is 0 Å². The van der Waals surface area contributed by atoms with Crippen LogP contribution in [0.2, 0.25) is 0 Å². The van der Waals surface area contributed by atoms with Gasteiger partial charge >= 0.3 is 0 Å². The summed E-state index contributed by atoms with van der Waals surface area (Å²) in [7, 11) is 0. The van der Waals surface area contributed by atoms with Crippen LogP contribution in [0.15, 0.2) is 0 Å². The van der Waals surface area contributed by atoms with Gasteiger partial charge in [-0.1, -0.05) is 20.3 Å². The number of rotatable bonds is 9. The number of nitrogens with two attached hydrogens (primary N) is 1. The van der Waals surface area contributed by atoms with Crippen molar-refractivity contribution in [3.8, 4) is 0 Å². The Balaban J connectivity index is 1.98. The molecule has 0 spiro atoms.